The summed E-state index contributed by atoms with van der Waals surface area (Å²) in [5, 5.41) is 20.7. The molecule has 1 aromatic heterocycles. The molecule has 0 radical (unpaired) electrons. The van der Waals surface area contributed by atoms with E-state index in [1.807, 2.05) is 42.5 Å². The van der Waals surface area contributed by atoms with Crippen LogP contribution in [0.1, 0.15) is 99.3 Å². The average Bonchev–Trinajstić information content (AvgIpc) is 3.16. The quantitative estimate of drug-likeness (QED) is 0.0991. The molecule has 56 heavy (non-hydrogen) atoms. The van der Waals surface area contributed by atoms with Gasteiger partial charge in [-0.2, -0.15) is 0 Å². The molecule has 1 heterocycles. The lowest BCUT2D eigenvalue weighted by Gasteiger charge is -2.57. The fraction of sp³-hybridized carbons (Fsp3) is 0.417. The molecule has 0 amide bonds. The van der Waals surface area contributed by atoms with Crippen LogP contribution in [0.15, 0.2) is 79.1 Å². The fourth-order valence-electron chi connectivity index (χ4n) is 13.1. The molecule has 2 N–H and O–H groups in total. The smallest absolute Gasteiger partial charge is 0.336 e. The van der Waals surface area contributed by atoms with Gasteiger partial charge in [0.25, 0.3) is 0 Å². The maximum Gasteiger partial charge on any atom is 0.336 e. The lowest BCUT2D eigenvalue weighted by Crippen LogP contribution is -2.48. The third-order valence-corrected chi connectivity index (χ3v) is 14.8. The van der Waals surface area contributed by atoms with Crippen molar-refractivity contribution < 1.29 is 24.5 Å². The number of carbonyl (C=O) groups is 2. The second-order valence-electron chi connectivity index (χ2n) is 18.3. The minimum atomic E-state index is -1.03. The molecule has 7 nitrogen and oxygen atoms in total. The van der Waals surface area contributed by atoms with Crippen LogP contribution in [-0.2, 0) is 20.4 Å². The van der Waals surface area contributed by atoms with E-state index in [2.05, 4.69) is 22.1 Å². The molecule has 0 spiro atoms. The van der Waals surface area contributed by atoms with Gasteiger partial charge in [0.1, 0.15) is 11.5 Å². The van der Waals surface area contributed by atoms with Crippen molar-refractivity contribution in [1.29, 1.82) is 0 Å². The Bertz CT molecular complexity index is 2220. The van der Waals surface area contributed by atoms with E-state index >= 15 is 0 Å². The van der Waals surface area contributed by atoms with E-state index in [1.54, 1.807) is 18.5 Å². The second kappa shape index (κ2) is 13.7. The Hall–Kier alpha value is -4.75. The summed E-state index contributed by atoms with van der Waals surface area (Å²) < 4.78 is 6.18. The highest BCUT2D eigenvalue weighted by Crippen LogP contribution is 2.63. The Morgan fingerprint density at radius 1 is 0.661 bits per heavy atom. The van der Waals surface area contributed by atoms with Gasteiger partial charge in [-0.1, -0.05) is 29.8 Å². The van der Waals surface area contributed by atoms with E-state index in [0.29, 0.717) is 45.7 Å². The third kappa shape index (κ3) is 6.56. The number of aliphatic carboxylic acids is 1. The first kappa shape index (κ1) is 35.6. The number of hydrogen-bond acceptors (Lipinski definition) is 6. The van der Waals surface area contributed by atoms with Crippen molar-refractivity contribution in [3.05, 3.63) is 106 Å². The SMILES string of the molecule is O=C(O)C=Cc1cnc(-c2ccc(OC(=O)C=Cc3ccc(-c4ccc(O)c(C56CC7CC(CC(C7)C5)C6)c4)c(Cl)c3)c(C34CC5CC(CC(C5)C3)C4)c2)nc1. The van der Waals surface area contributed by atoms with Crippen LogP contribution in [0.2, 0.25) is 5.02 Å². The first-order valence-electron chi connectivity index (χ1n) is 20.5. The van der Waals surface area contributed by atoms with Gasteiger partial charge in [-0.05, 0) is 183 Å². The third-order valence-electron chi connectivity index (χ3n) is 14.5. The van der Waals surface area contributed by atoms with Crippen molar-refractivity contribution in [2.24, 2.45) is 35.5 Å². The van der Waals surface area contributed by atoms with Crippen LogP contribution in [0.5, 0.6) is 11.5 Å². The van der Waals surface area contributed by atoms with E-state index in [-0.39, 0.29) is 10.8 Å². The summed E-state index contributed by atoms with van der Waals surface area (Å²) in [6, 6.07) is 17.8. The first-order valence-corrected chi connectivity index (χ1v) is 20.9. The zero-order valence-electron chi connectivity index (χ0n) is 31.5. The van der Waals surface area contributed by atoms with Gasteiger partial charge in [-0.25, -0.2) is 19.6 Å². The van der Waals surface area contributed by atoms with Crippen LogP contribution in [0, 0.1) is 35.5 Å². The Kier molecular flexibility index (Phi) is 8.73. The van der Waals surface area contributed by atoms with E-state index in [0.717, 1.165) is 76.5 Å². The van der Waals surface area contributed by atoms with Gasteiger partial charge >= 0.3 is 11.9 Å². The summed E-state index contributed by atoms with van der Waals surface area (Å²) in [7, 11) is 0. The molecule has 0 atom stereocenters. The second-order valence-corrected chi connectivity index (χ2v) is 18.8. The molecule has 286 valence electrons. The summed E-state index contributed by atoms with van der Waals surface area (Å²) in [5.74, 6) is 4.49. The summed E-state index contributed by atoms with van der Waals surface area (Å²) in [6.45, 7) is 0. The monoisotopic (exact) mass is 766 g/mol. The number of rotatable bonds is 9. The highest BCUT2D eigenvalue weighted by Gasteiger charge is 2.54. The highest BCUT2D eigenvalue weighted by atomic mass is 35.5. The molecule has 8 bridgehead atoms. The minimum Gasteiger partial charge on any atom is -0.508 e. The van der Waals surface area contributed by atoms with E-state index in [9.17, 15) is 14.7 Å². The van der Waals surface area contributed by atoms with Crippen LogP contribution in [0.3, 0.4) is 0 Å². The van der Waals surface area contributed by atoms with Gasteiger partial charge in [-0.15, -0.1) is 0 Å². The molecular formula is C48H47ClN2O5. The molecule has 3 aromatic carbocycles. The van der Waals surface area contributed by atoms with Gasteiger partial charge < -0.3 is 14.9 Å². The number of carbonyl (C=O) groups excluding carboxylic acids is 1. The molecule has 0 unspecified atom stereocenters. The molecule has 8 saturated carbocycles. The molecule has 8 aliphatic carbocycles. The van der Waals surface area contributed by atoms with Gasteiger partial charge in [0.05, 0.1) is 0 Å². The minimum absolute atomic E-state index is 0.0542. The Morgan fingerprint density at radius 3 is 1.77 bits per heavy atom. The number of nitrogens with zero attached hydrogens (tertiary/aromatic N) is 2. The highest BCUT2D eigenvalue weighted by molar-refractivity contribution is 6.33. The van der Waals surface area contributed by atoms with Gasteiger partial charge in [0.2, 0.25) is 0 Å². The van der Waals surface area contributed by atoms with Crippen molar-refractivity contribution in [1.82, 2.24) is 9.97 Å². The maximum atomic E-state index is 13.5. The van der Waals surface area contributed by atoms with Crippen molar-refractivity contribution in [2.45, 2.75) is 87.9 Å². The number of phenolic OH excluding ortho intramolecular Hbond substituents is 1. The zero-order chi connectivity index (χ0) is 38.2. The van der Waals surface area contributed by atoms with Crippen molar-refractivity contribution in [3.8, 4) is 34.0 Å². The molecule has 4 aromatic rings. The normalized spacial score (nSPS) is 31.1. The maximum absolute atomic E-state index is 13.5. The summed E-state index contributed by atoms with van der Waals surface area (Å²) >= 11 is 6.94. The summed E-state index contributed by atoms with van der Waals surface area (Å²) in [5.41, 5.74) is 6.33. The first-order chi connectivity index (χ1) is 27.1. The number of carboxylic acid groups (broad SMARTS) is 1. The topological polar surface area (TPSA) is 110 Å². The van der Waals surface area contributed by atoms with Crippen LogP contribution in [0.25, 0.3) is 34.7 Å². The summed E-state index contributed by atoms with van der Waals surface area (Å²) in [4.78, 5) is 33.6. The molecule has 8 heteroatoms. The van der Waals surface area contributed by atoms with E-state index in [1.165, 1.54) is 69.9 Å². The number of aromatic hydroxyl groups is 1. The van der Waals surface area contributed by atoms with Crippen LogP contribution in [0.4, 0.5) is 0 Å². The lowest BCUT2D eigenvalue weighted by molar-refractivity contribution is -0.131. The van der Waals surface area contributed by atoms with Crippen molar-refractivity contribution in [3.63, 3.8) is 0 Å². The number of esters is 1. The Labute approximate surface area is 332 Å². The largest absolute Gasteiger partial charge is 0.508 e. The molecule has 8 fully saturated rings. The number of benzene rings is 3. The molecule has 8 aliphatic rings. The van der Waals surface area contributed by atoms with Crippen LogP contribution in [-0.4, -0.2) is 32.1 Å². The predicted octanol–water partition coefficient (Wildman–Crippen LogP) is 10.8. The lowest BCUT2D eigenvalue weighted by atomic mass is 9.48. The predicted molar refractivity (Wildman–Crippen MR) is 217 cm³/mol. The van der Waals surface area contributed by atoms with Gasteiger partial charge in [-0.3, -0.25) is 0 Å². The number of halogens is 1. The molecule has 0 aliphatic heterocycles. The molecular weight excluding hydrogens is 720 g/mol. The standard InChI is InChI=1S/C48H47ClN2O5/c49-41-17-28(1-6-38(41)36-4-7-42(52)39(18-36)47-20-30-11-31(21-47)13-32(12-30)22-47)3-10-45(55)56-43-8-5-37(46-50-26-29(27-51-46)2-9-44(53)54)19-40(43)48-23-33-14-34(24-48)16-35(15-33)25-48/h1-10,17-19,26-27,30-35,52H,11-16,20-25H2,(H,53,54). The number of aromatic nitrogens is 2. The number of hydrogen-bond donors (Lipinski definition) is 2. The molecule has 0 saturated heterocycles. The van der Waals surface area contributed by atoms with Crippen molar-refractivity contribution in [2.75, 3.05) is 0 Å². The van der Waals surface area contributed by atoms with Crippen LogP contribution >= 0.6 is 11.6 Å². The van der Waals surface area contributed by atoms with E-state index in [4.69, 9.17) is 21.4 Å². The van der Waals surface area contributed by atoms with Gasteiger partial charge in [0.15, 0.2) is 5.82 Å². The van der Waals surface area contributed by atoms with E-state index < -0.39 is 11.9 Å². The molecule has 12 rings (SSSR count). The average molecular weight is 767 g/mol. The fourth-order valence-corrected chi connectivity index (χ4v) is 13.4. The Morgan fingerprint density at radius 2 is 1.20 bits per heavy atom. The van der Waals surface area contributed by atoms with Crippen LogP contribution < -0.4 is 4.74 Å². The Balaban J connectivity index is 0.894. The summed E-state index contributed by atoms with van der Waals surface area (Å²) in [6.07, 6.45) is 23.8. The number of phenols is 1. The van der Waals surface area contributed by atoms with Crippen molar-refractivity contribution >= 4 is 35.7 Å². The number of carboxylic acids is 1. The number of ether oxygens (including phenoxy) is 1. The zero-order valence-corrected chi connectivity index (χ0v) is 32.3. The van der Waals surface area contributed by atoms with Gasteiger partial charge in [0, 0.05) is 57.4 Å².